The van der Waals surface area contributed by atoms with Gasteiger partial charge in [-0.15, -0.1) is 0 Å². The highest BCUT2D eigenvalue weighted by molar-refractivity contribution is 9.10. The third-order valence-electron chi connectivity index (χ3n) is 2.56. The Balaban J connectivity index is 2.21. The molecule has 1 aromatic heterocycles. The van der Waals surface area contributed by atoms with E-state index in [0.29, 0.717) is 5.69 Å². The fourth-order valence-corrected chi connectivity index (χ4v) is 1.89. The van der Waals surface area contributed by atoms with Gasteiger partial charge >= 0.3 is 5.97 Å². The van der Waals surface area contributed by atoms with Crippen LogP contribution in [0, 0.1) is 0 Å². The first-order valence-electron chi connectivity index (χ1n) is 6.12. The molecule has 0 aliphatic rings. The van der Waals surface area contributed by atoms with E-state index in [9.17, 15) is 13.6 Å². The van der Waals surface area contributed by atoms with E-state index in [1.54, 1.807) is 12.1 Å². The number of anilines is 2. The number of pyridine rings is 1. The first-order chi connectivity index (χ1) is 10.5. The molecule has 2 N–H and O–H groups in total. The lowest BCUT2D eigenvalue weighted by atomic mass is 10.2. The summed E-state index contributed by atoms with van der Waals surface area (Å²) in [5, 5.41) is 12.1. The molecule has 0 unspecified atom stereocenters. The molecule has 116 valence electrons. The number of carbonyl (C=O) groups is 1. The molecule has 2 aromatic rings. The number of halogens is 3. The molecule has 22 heavy (non-hydrogen) atoms. The monoisotopic (exact) mass is 372 g/mol. The number of aromatic nitrogens is 1. The van der Waals surface area contributed by atoms with Crippen LogP contribution in [-0.4, -0.2) is 29.1 Å². The van der Waals surface area contributed by atoms with Gasteiger partial charge in [0.1, 0.15) is 5.56 Å². The number of alkyl halides is 2. The number of nitrogens with zero attached hydrogens (tertiary/aromatic N) is 1. The van der Waals surface area contributed by atoms with Gasteiger partial charge < -0.3 is 15.2 Å². The smallest absolute Gasteiger partial charge is 0.341 e. The molecule has 0 amide bonds. The molecule has 5 nitrogen and oxygen atoms in total. The molecule has 0 aliphatic heterocycles. The predicted molar refractivity (Wildman–Crippen MR) is 80.1 cm³/mol. The van der Waals surface area contributed by atoms with Gasteiger partial charge in [0, 0.05) is 10.2 Å². The molecule has 8 heteroatoms. The Morgan fingerprint density at radius 3 is 2.59 bits per heavy atom. The zero-order valence-corrected chi connectivity index (χ0v) is 12.7. The Morgan fingerprint density at radius 2 is 2.00 bits per heavy atom. The number of carboxylic acid groups (broad SMARTS) is 1. The lowest BCUT2D eigenvalue weighted by molar-refractivity contribution is 0.0656. The summed E-state index contributed by atoms with van der Waals surface area (Å²) in [6.07, 6.45) is -1.39. The number of hydrogen-bond acceptors (Lipinski definition) is 4. The number of benzene rings is 1. The van der Waals surface area contributed by atoms with Crippen LogP contribution < -0.4 is 10.1 Å². The van der Waals surface area contributed by atoms with Crippen molar-refractivity contribution in [2.75, 3.05) is 11.9 Å². The van der Waals surface area contributed by atoms with E-state index in [2.05, 4.69) is 26.2 Å². The standard InChI is InChI=1S/C14H11BrF2N2O3/c15-8-1-3-9(4-2-8)19-10-5-11(14(20)21)13(18-6-10)22-7-12(16)17/h1-6,12,19H,7H2,(H,20,21). The summed E-state index contributed by atoms with van der Waals surface area (Å²) in [5.41, 5.74) is 0.842. The minimum Gasteiger partial charge on any atom is -0.477 e. The van der Waals surface area contributed by atoms with Crippen LogP contribution >= 0.6 is 15.9 Å². The van der Waals surface area contributed by atoms with Crippen LogP contribution in [0.1, 0.15) is 10.4 Å². The van der Waals surface area contributed by atoms with Gasteiger partial charge in [-0.05, 0) is 30.3 Å². The largest absolute Gasteiger partial charge is 0.477 e. The summed E-state index contributed by atoms with van der Waals surface area (Å²) in [5.74, 6) is -1.65. The van der Waals surface area contributed by atoms with Crippen LogP contribution in [0.25, 0.3) is 0 Å². The molecule has 0 spiro atoms. The average Bonchev–Trinajstić information content (AvgIpc) is 2.48. The van der Waals surface area contributed by atoms with Gasteiger partial charge in [-0.2, -0.15) is 0 Å². The van der Waals surface area contributed by atoms with Crippen molar-refractivity contribution in [3.05, 3.63) is 46.6 Å². The summed E-state index contributed by atoms with van der Waals surface area (Å²) in [6, 6.07) is 8.47. The highest BCUT2D eigenvalue weighted by Crippen LogP contribution is 2.24. The summed E-state index contributed by atoms with van der Waals surface area (Å²) in [7, 11) is 0. The third kappa shape index (κ3) is 4.39. The predicted octanol–water partition coefficient (Wildman–Crippen LogP) is 3.93. The van der Waals surface area contributed by atoms with E-state index in [-0.39, 0.29) is 11.4 Å². The van der Waals surface area contributed by atoms with Crippen LogP contribution in [0.5, 0.6) is 5.88 Å². The Kier molecular flexibility index (Phi) is 5.26. The van der Waals surface area contributed by atoms with Crippen molar-refractivity contribution in [2.24, 2.45) is 0 Å². The number of ether oxygens (including phenoxy) is 1. The van der Waals surface area contributed by atoms with Crippen LogP contribution in [0.3, 0.4) is 0 Å². The highest BCUT2D eigenvalue weighted by atomic mass is 79.9. The second-order valence-corrected chi connectivity index (χ2v) is 5.13. The van der Waals surface area contributed by atoms with Gasteiger partial charge in [0.15, 0.2) is 6.61 Å². The van der Waals surface area contributed by atoms with E-state index >= 15 is 0 Å². The quantitative estimate of drug-likeness (QED) is 0.803. The van der Waals surface area contributed by atoms with Crippen LogP contribution in [-0.2, 0) is 0 Å². The van der Waals surface area contributed by atoms with Crippen molar-refractivity contribution in [1.82, 2.24) is 4.98 Å². The number of hydrogen-bond donors (Lipinski definition) is 2. The third-order valence-corrected chi connectivity index (χ3v) is 3.09. The van der Waals surface area contributed by atoms with Crippen molar-refractivity contribution in [3.63, 3.8) is 0 Å². The van der Waals surface area contributed by atoms with Gasteiger partial charge in [0.25, 0.3) is 6.43 Å². The van der Waals surface area contributed by atoms with E-state index in [4.69, 9.17) is 9.84 Å². The maximum Gasteiger partial charge on any atom is 0.341 e. The summed E-state index contributed by atoms with van der Waals surface area (Å²) in [4.78, 5) is 15.0. The summed E-state index contributed by atoms with van der Waals surface area (Å²) < 4.78 is 29.9. The Hall–Kier alpha value is -2.22. The van der Waals surface area contributed by atoms with Crippen molar-refractivity contribution in [1.29, 1.82) is 0 Å². The molecule has 0 radical (unpaired) electrons. The SMILES string of the molecule is O=C(O)c1cc(Nc2ccc(Br)cc2)cnc1OCC(F)F. The molecule has 1 heterocycles. The first kappa shape index (κ1) is 16.2. The molecule has 0 saturated carbocycles. The van der Waals surface area contributed by atoms with Crippen LogP contribution in [0.4, 0.5) is 20.2 Å². The average molecular weight is 373 g/mol. The van der Waals surface area contributed by atoms with Gasteiger partial charge in [-0.25, -0.2) is 18.6 Å². The Bertz CT molecular complexity index is 666. The second-order valence-electron chi connectivity index (χ2n) is 4.22. The number of rotatable bonds is 6. The minimum atomic E-state index is -2.70. The second kappa shape index (κ2) is 7.17. The molecular formula is C14H11BrF2N2O3. The lowest BCUT2D eigenvalue weighted by Crippen LogP contribution is -2.12. The van der Waals surface area contributed by atoms with E-state index in [1.807, 2.05) is 12.1 Å². The molecule has 0 fully saturated rings. The zero-order valence-electron chi connectivity index (χ0n) is 11.1. The molecule has 0 atom stereocenters. The molecule has 2 rings (SSSR count). The van der Waals surface area contributed by atoms with Gasteiger partial charge in [-0.3, -0.25) is 0 Å². The molecule has 0 bridgehead atoms. The summed E-state index contributed by atoms with van der Waals surface area (Å²) >= 11 is 3.30. The van der Waals surface area contributed by atoms with Crippen molar-refractivity contribution >= 4 is 33.3 Å². The normalized spacial score (nSPS) is 10.5. The van der Waals surface area contributed by atoms with Crippen molar-refractivity contribution in [2.45, 2.75) is 6.43 Å². The number of nitrogens with one attached hydrogen (secondary N) is 1. The van der Waals surface area contributed by atoms with E-state index in [0.717, 1.165) is 10.2 Å². The minimum absolute atomic E-state index is 0.289. The summed E-state index contributed by atoms with van der Waals surface area (Å²) in [6.45, 7) is -0.910. The lowest BCUT2D eigenvalue weighted by Gasteiger charge is -2.11. The zero-order chi connectivity index (χ0) is 16.1. The van der Waals surface area contributed by atoms with Gasteiger partial charge in [-0.1, -0.05) is 15.9 Å². The Labute approximate surface area is 133 Å². The topological polar surface area (TPSA) is 71.5 Å². The number of aromatic carboxylic acids is 1. The highest BCUT2D eigenvalue weighted by Gasteiger charge is 2.16. The van der Waals surface area contributed by atoms with Crippen LogP contribution in [0.2, 0.25) is 0 Å². The Morgan fingerprint density at radius 1 is 1.32 bits per heavy atom. The fraction of sp³-hybridized carbons (Fsp3) is 0.143. The molecule has 0 aliphatic carbocycles. The number of carboxylic acids is 1. The van der Waals surface area contributed by atoms with Gasteiger partial charge in [0.2, 0.25) is 5.88 Å². The molecule has 1 aromatic carbocycles. The van der Waals surface area contributed by atoms with Crippen LogP contribution in [0.15, 0.2) is 41.0 Å². The fourth-order valence-electron chi connectivity index (χ4n) is 1.63. The first-order valence-corrected chi connectivity index (χ1v) is 6.92. The maximum absolute atomic E-state index is 12.1. The molecule has 0 saturated heterocycles. The molecular weight excluding hydrogens is 362 g/mol. The van der Waals surface area contributed by atoms with Gasteiger partial charge in [0.05, 0.1) is 11.9 Å². The maximum atomic E-state index is 12.1. The van der Waals surface area contributed by atoms with E-state index < -0.39 is 19.0 Å². The van der Waals surface area contributed by atoms with Crippen molar-refractivity contribution < 1.29 is 23.4 Å². The van der Waals surface area contributed by atoms with E-state index in [1.165, 1.54) is 12.3 Å². The van der Waals surface area contributed by atoms with Crippen molar-refractivity contribution in [3.8, 4) is 5.88 Å².